The van der Waals surface area contributed by atoms with Gasteiger partial charge in [0, 0.05) is 11.8 Å². The first-order valence-corrected chi connectivity index (χ1v) is 8.73. The molecule has 0 atom stereocenters. The van der Waals surface area contributed by atoms with Crippen LogP contribution in [0.3, 0.4) is 0 Å². The summed E-state index contributed by atoms with van der Waals surface area (Å²) in [6, 6.07) is 10.5. The SMILES string of the molecule is Cc1c/c(=c2\ccc3c(c2)C=CN=3)c(C)c/c1=C/c1sc(=O)[nH]c1O. The van der Waals surface area contributed by atoms with Crippen LogP contribution >= 0.6 is 11.3 Å². The van der Waals surface area contributed by atoms with Crippen molar-refractivity contribution in [3.05, 3.63) is 88.8 Å². The van der Waals surface area contributed by atoms with Crippen molar-refractivity contribution in [3.8, 4) is 5.88 Å². The Balaban J connectivity index is 1.97. The molecule has 4 nitrogen and oxygen atoms in total. The highest BCUT2D eigenvalue weighted by atomic mass is 32.1. The molecule has 0 fully saturated rings. The highest BCUT2D eigenvalue weighted by molar-refractivity contribution is 7.10. The van der Waals surface area contributed by atoms with Gasteiger partial charge in [-0.25, -0.2) is 0 Å². The molecule has 0 amide bonds. The van der Waals surface area contributed by atoms with Crippen molar-refractivity contribution in [2.75, 3.05) is 0 Å². The molecule has 2 N–H and O–H groups in total. The molecule has 5 heteroatoms. The number of nitrogens with zero attached hydrogens (tertiary/aromatic N) is 1. The normalized spacial score (nSPS) is 14.6. The van der Waals surface area contributed by atoms with Gasteiger partial charge >= 0.3 is 4.87 Å². The smallest absolute Gasteiger partial charge is 0.307 e. The maximum atomic E-state index is 11.4. The molecule has 0 bridgehead atoms. The predicted molar refractivity (Wildman–Crippen MR) is 100 cm³/mol. The number of hydrogen-bond acceptors (Lipinski definition) is 4. The summed E-state index contributed by atoms with van der Waals surface area (Å²) in [5.74, 6) is -0.0784. The second-order valence-electron chi connectivity index (χ2n) is 6.11. The summed E-state index contributed by atoms with van der Waals surface area (Å²) in [6.07, 6.45) is 5.67. The highest BCUT2D eigenvalue weighted by Gasteiger charge is 2.04. The van der Waals surface area contributed by atoms with Gasteiger partial charge in [-0.1, -0.05) is 29.5 Å². The van der Waals surface area contributed by atoms with E-state index in [-0.39, 0.29) is 10.8 Å². The summed E-state index contributed by atoms with van der Waals surface area (Å²) in [7, 11) is 0. The van der Waals surface area contributed by atoms with Crippen molar-refractivity contribution < 1.29 is 5.11 Å². The molecule has 0 aliphatic carbocycles. The van der Waals surface area contributed by atoms with E-state index in [9.17, 15) is 9.90 Å². The largest absolute Gasteiger partial charge is 0.493 e. The Hall–Kier alpha value is -2.92. The van der Waals surface area contributed by atoms with Gasteiger partial charge in [-0.2, -0.15) is 0 Å². The number of nitrogens with one attached hydrogen (secondary N) is 1. The number of fused-ring (bicyclic) bond motifs is 1. The summed E-state index contributed by atoms with van der Waals surface area (Å²) >= 11 is 1.00. The molecule has 3 aromatic rings. The Morgan fingerprint density at radius 1 is 1.16 bits per heavy atom. The fourth-order valence-corrected chi connectivity index (χ4v) is 3.73. The first-order valence-electron chi connectivity index (χ1n) is 7.91. The lowest BCUT2D eigenvalue weighted by Gasteiger charge is -2.02. The van der Waals surface area contributed by atoms with Gasteiger partial charge in [0.2, 0.25) is 5.88 Å². The number of hydrogen-bond donors (Lipinski definition) is 2. The van der Waals surface area contributed by atoms with Crippen LogP contribution in [0, 0.1) is 24.3 Å². The van der Waals surface area contributed by atoms with Gasteiger partial charge in [-0.3, -0.25) is 14.8 Å². The zero-order valence-electron chi connectivity index (χ0n) is 13.8. The Morgan fingerprint density at radius 2 is 2.00 bits per heavy atom. The Morgan fingerprint density at radius 3 is 2.76 bits per heavy atom. The summed E-state index contributed by atoms with van der Waals surface area (Å²) in [6.45, 7) is 4.10. The quantitative estimate of drug-likeness (QED) is 0.709. The third-order valence-corrected chi connectivity index (χ3v) is 5.18. The van der Waals surface area contributed by atoms with E-state index in [4.69, 9.17) is 0 Å². The van der Waals surface area contributed by atoms with Crippen LogP contribution in [0.25, 0.3) is 12.2 Å². The summed E-state index contributed by atoms with van der Waals surface area (Å²) in [4.78, 5) is 18.3. The van der Waals surface area contributed by atoms with E-state index < -0.39 is 0 Å². The molecule has 0 unspecified atom stereocenters. The van der Waals surface area contributed by atoms with Crippen LogP contribution in [-0.4, -0.2) is 10.1 Å². The summed E-state index contributed by atoms with van der Waals surface area (Å²) < 4.78 is 0. The van der Waals surface area contributed by atoms with Crippen molar-refractivity contribution in [3.63, 3.8) is 0 Å². The van der Waals surface area contributed by atoms with Crippen LogP contribution in [0.5, 0.6) is 5.88 Å². The van der Waals surface area contributed by atoms with Gasteiger partial charge in [0.25, 0.3) is 0 Å². The molecule has 2 aromatic carbocycles. The second kappa shape index (κ2) is 5.86. The minimum atomic E-state index is -0.258. The lowest BCUT2D eigenvalue weighted by atomic mass is 10.0. The Labute approximate surface area is 147 Å². The fourth-order valence-electron chi connectivity index (χ4n) is 3.05. The van der Waals surface area contributed by atoms with Crippen LogP contribution in [0.4, 0.5) is 0 Å². The van der Waals surface area contributed by atoms with Gasteiger partial charge in [0.05, 0.1) is 10.2 Å². The average molecular weight is 348 g/mol. The zero-order valence-corrected chi connectivity index (χ0v) is 14.6. The molecule has 1 aliphatic heterocycles. The minimum Gasteiger partial charge on any atom is -0.493 e. The van der Waals surface area contributed by atoms with E-state index in [0.717, 1.165) is 43.8 Å². The number of rotatable bonds is 1. The number of aryl methyl sites for hydroxylation is 2. The predicted octanol–water partition coefficient (Wildman–Crippen LogP) is 2.48. The lowest BCUT2D eigenvalue weighted by Crippen LogP contribution is -2.07. The third kappa shape index (κ3) is 2.83. The molecular formula is C20H16N2O2S. The molecule has 1 aromatic heterocycles. The van der Waals surface area contributed by atoms with E-state index >= 15 is 0 Å². The van der Waals surface area contributed by atoms with Gasteiger partial charge in [0.15, 0.2) is 0 Å². The van der Waals surface area contributed by atoms with E-state index in [0.29, 0.717) is 4.88 Å². The van der Waals surface area contributed by atoms with Crippen LogP contribution < -0.4 is 15.4 Å². The van der Waals surface area contributed by atoms with Crippen molar-refractivity contribution >= 4 is 23.5 Å². The van der Waals surface area contributed by atoms with Crippen molar-refractivity contribution in [2.45, 2.75) is 13.8 Å². The number of benzene rings is 2. The van der Waals surface area contributed by atoms with E-state index in [1.807, 2.05) is 31.3 Å². The first-order chi connectivity index (χ1) is 12.0. The van der Waals surface area contributed by atoms with Crippen LogP contribution in [-0.2, 0) is 0 Å². The van der Waals surface area contributed by atoms with Crippen LogP contribution in [0.1, 0.15) is 21.6 Å². The van der Waals surface area contributed by atoms with E-state index in [1.165, 1.54) is 5.22 Å². The second-order valence-corrected chi connectivity index (χ2v) is 7.13. The van der Waals surface area contributed by atoms with Crippen LogP contribution in [0.15, 0.2) is 46.3 Å². The molecule has 0 saturated heterocycles. The maximum absolute atomic E-state index is 11.4. The molecule has 2 heterocycles. The van der Waals surface area contributed by atoms with Gasteiger partial charge in [0.1, 0.15) is 0 Å². The van der Waals surface area contributed by atoms with Crippen molar-refractivity contribution in [1.82, 2.24) is 4.98 Å². The number of aromatic amines is 1. The number of aromatic hydroxyl groups is 1. The zero-order chi connectivity index (χ0) is 17.6. The number of thiazole rings is 1. The first kappa shape index (κ1) is 15.6. The topological polar surface area (TPSA) is 65.5 Å². The average Bonchev–Trinajstić information content (AvgIpc) is 3.16. The minimum absolute atomic E-state index is 0.0784. The highest BCUT2D eigenvalue weighted by Crippen LogP contribution is 2.16. The Bertz CT molecular complexity index is 1300. The molecule has 25 heavy (non-hydrogen) atoms. The van der Waals surface area contributed by atoms with E-state index in [2.05, 4.69) is 41.2 Å². The summed E-state index contributed by atoms with van der Waals surface area (Å²) in [5, 5.41) is 14.1. The van der Waals surface area contributed by atoms with Crippen LogP contribution in [0.2, 0.25) is 0 Å². The number of aromatic nitrogens is 1. The standard InChI is InChI=1S/C20H16N2O2S/c1-11-8-16(13-3-4-17-14(9-13)5-6-21-17)12(2)7-15(11)10-18-19(23)22-20(24)25-18/h3-10,23H,1-2H3,(H,22,24)/b15-10-,16-13-. The van der Waals surface area contributed by atoms with Crippen molar-refractivity contribution in [1.29, 1.82) is 0 Å². The Kier molecular flexibility index (Phi) is 3.66. The van der Waals surface area contributed by atoms with Gasteiger partial charge in [-0.05, 0) is 64.9 Å². The third-order valence-electron chi connectivity index (χ3n) is 4.36. The fraction of sp³-hybridized carbons (Fsp3) is 0.100. The monoisotopic (exact) mass is 348 g/mol. The molecule has 0 spiro atoms. The molecule has 1 aliphatic rings. The molecular weight excluding hydrogens is 332 g/mol. The molecule has 124 valence electrons. The number of H-pyrrole nitrogens is 1. The maximum Gasteiger partial charge on any atom is 0.307 e. The molecule has 4 rings (SSSR count). The van der Waals surface area contributed by atoms with E-state index in [1.54, 1.807) is 0 Å². The molecule has 0 radical (unpaired) electrons. The molecule has 0 saturated carbocycles. The van der Waals surface area contributed by atoms with Gasteiger partial charge < -0.3 is 5.11 Å². The summed E-state index contributed by atoms with van der Waals surface area (Å²) in [5.41, 5.74) is 3.35. The van der Waals surface area contributed by atoms with Gasteiger partial charge in [-0.15, -0.1) is 0 Å². The van der Waals surface area contributed by atoms with Crippen molar-refractivity contribution in [2.24, 2.45) is 4.99 Å². The lowest BCUT2D eigenvalue weighted by molar-refractivity contribution is 0.455.